The van der Waals surface area contributed by atoms with Gasteiger partial charge in [-0.15, -0.1) is 10.2 Å². The topological polar surface area (TPSA) is 74.2 Å². The van der Waals surface area contributed by atoms with E-state index in [1.165, 1.54) is 0 Å². The van der Waals surface area contributed by atoms with Crippen molar-refractivity contribution in [3.63, 3.8) is 0 Å². The highest BCUT2D eigenvalue weighted by Crippen LogP contribution is 2.29. The van der Waals surface area contributed by atoms with Crippen molar-refractivity contribution in [1.29, 1.82) is 0 Å². The van der Waals surface area contributed by atoms with Crippen LogP contribution in [0.15, 0.2) is 59.0 Å². The Hall–Kier alpha value is -2.66. The molecule has 0 bridgehead atoms. The number of aromatic nitrogens is 2. The molecule has 3 rings (SSSR count). The Kier molecular flexibility index (Phi) is 4.16. The first-order valence-corrected chi connectivity index (χ1v) is 7.04. The zero-order valence-corrected chi connectivity index (χ0v) is 12.3. The second kappa shape index (κ2) is 6.41. The number of benzene rings is 2. The number of para-hydroxylation sites is 1. The molecule has 0 aliphatic heterocycles. The molecule has 0 aliphatic carbocycles. The van der Waals surface area contributed by atoms with Crippen molar-refractivity contribution in [3.8, 4) is 17.2 Å². The lowest BCUT2D eigenvalue weighted by Gasteiger charge is -2.07. The van der Waals surface area contributed by atoms with Gasteiger partial charge < -0.3 is 14.9 Å². The van der Waals surface area contributed by atoms with Crippen LogP contribution >= 0.6 is 0 Å². The van der Waals surface area contributed by atoms with Gasteiger partial charge in [-0.2, -0.15) is 0 Å². The van der Waals surface area contributed by atoms with Crippen LogP contribution in [-0.4, -0.2) is 17.3 Å². The molecule has 0 fully saturated rings. The summed E-state index contributed by atoms with van der Waals surface area (Å²) in [7, 11) is 1.61. The number of rotatable bonds is 5. The van der Waals surface area contributed by atoms with Crippen molar-refractivity contribution in [2.24, 2.45) is 5.73 Å². The van der Waals surface area contributed by atoms with Crippen molar-refractivity contribution in [3.05, 3.63) is 66.1 Å². The molecule has 5 heteroatoms. The van der Waals surface area contributed by atoms with E-state index in [0.29, 0.717) is 24.0 Å². The summed E-state index contributed by atoms with van der Waals surface area (Å²) in [4.78, 5) is 0. The Bertz CT molecular complexity index is 740. The molecule has 22 heavy (non-hydrogen) atoms. The first kappa shape index (κ1) is 14.3. The van der Waals surface area contributed by atoms with Crippen LogP contribution in [-0.2, 0) is 6.42 Å². The van der Waals surface area contributed by atoms with Gasteiger partial charge in [-0.1, -0.05) is 42.5 Å². The quantitative estimate of drug-likeness (QED) is 0.783. The van der Waals surface area contributed by atoms with E-state index in [4.69, 9.17) is 14.9 Å². The van der Waals surface area contributed by atoms with E-state index in [0.717, 1.165) is 11.1 Å². The van der Waals surface area contributed by atoms with Crippen LogP contribution in [0.3, 0.4) is 0 Å². The van der Waals surface area contributed by atoms with Gasteiger partial charge in [0, 0.05) is 0 Å². The fourth-order valence-electron chi connectivity index (χ4n) is 2.27. The van der Waals surface area contributed by atoms with E-state index >= 15 is 0 Å². The molecule has 0 saturated heterocycles. The first-order valence-electron chi connectivity index (χ1n) is 7.04. The molecule has 1 unspecified atom stereocenters. The van der Waals surface area contributed by atoms with Crippen LogP contribution < -0.4 is 10.5 Å². The van der Waals surface area contributed by atoms with Gasteiger partial charge >= 0.3 is 0 Å². The summed E-state index contributed by atoms with van der Waals surface area (Å²) in [5.41, 5.74) is 8.05. The van der Waals surface area contributed by atoms with Crippen molar-refractivity contribution in [2.45, 2.75) is 12.5 Å². The van der Waals surface area contributed by atoms with Gasteiger partial charge in [-0.05, 0) is 24.1 Å². The average Bonchev–Trinajstić information content (AvgIpc) is 3.05. The molecule has 0 aliphatic rings. The summed E-state index contributed by atoms with van der Waals surface area (Å²) in [6.45, 7) is 0. The van der Waals surface area contributed by atoms with Crippen LogP contribution in [0, 0.1) is 0 Å². The van der Waals surface area contributed by atoms with Crippen LogP contribution in [0.2, 0.25) is 0 Å². The Morgan fingerprint density at radius 1 is 1.05 bits per heavy atom. The van der Waals surface area contributed by atoms with E-state index in [1.807, 2.05) is 54.6 Å². The van der Waals surface area contributed by atoms with E-state index in [9.17, 15) is 0 Å². The molecule has 1 atom stereocenters. The Balaban J connectivity index is 1.81. The molecule has 112 valence electrons. The smallest absolute Gasteiger partial charge is 0.251 e. The first-order chi connectivity index (χ1) is 10.8. The molecule has 1 aromatic heterocycles. The summed E-state index contributed by atoms with van der Waals surface area (Å²) in [6.07, 6.45) is 0.647. The summed E-state index contributed by atoms with van der Waals surface area (Å²) < 4.78 is 11.0. The highest BCUT2D eigenvalue weighted by Gasteiger charge is 2.17. The summed E-state index contributed by atoms with van der Waals surface area (Å²) in [5, 5.41) is 8.15. The molecular weight excluding hydrogens is 278 g/mol. The van der Waals surface area contributed by atoms with Crippen molar-refractivity contribution < 1.29 is 9.15 Å². The summed E-state index contributed by atoms with van der Waals surface area (Å²) >= 11 is 0. The minimum absolute atomic E-state index is 0.335. The van der Waals surface area contributed by atoms with Crippen LogP contribution in [0.25, 0.3) is 11.5 Å². The van der Waals surface area contributed by atoms with Gasteiger partial charge in [0.15, 0.2) is 0 Å². The van der Waals surface area contributed by atoms with E-state index in [1.54, 1.807) is 7.11 Å². The molecule has 2 aromatic carbocycles. The number of ether oxygens (including phenoxy) is 1. The van der Waals surface area contributed by atoms with Gasteiger partial charge in [-0.25, -0.2) is 0 Å². The minimum Gasteiger partial charge on any atom is -0.496 e. The Morgan fingerprint density at radius 3 is 2.55 bits per heavy atom. The molecule has 0 saturated carbocycles. The molecule has 0 radical (unpaired) electrons. The number of hydrogen-bond acceptors (Lipinski definition) is 5. The van der Waals surface area contributed by atoms with Gasteiger partial charge in [0.05, 0.1) is 18.7 Å². The van der Waals surface area contributed by atoms with Crippen molar-refractivity contribution in [2.75, 3.05) is 7.11 Å². The SMILES string of the molecule is COc1ccccc1-c1nnc(C(N)Cc2ccccc2)o1. The third kappa shape index (κ3) is 2.99. The fourth-order valence-corrected chi connectivity index (χ4v) is 2.27. The zero-order valence-electron chi connectivity index (χ0n) is 12.3. The van der Waals surface area contributed by atoms with Crippen molar-refractivity contribution >= 4 is 0 Å². The second-order valence-electron chi connectivity index (χ2n) is 4.94. The van der Waals surface area contributed by atoms with Crippen LogP contribution in [0.1, 0.15) is 17.5 Å². The lowest BCUT2D eigenvalue weighted by Crippen LogP contribution is -2.13. The Morgan fingerprint density at radius 2 is 1.77 bits per heavy atom. The van der Waals surface area contributed by atoms with E-state index in [-0.39, 0.29) is 6.04 Å². The monoisotopic (exact) mass is 295 g/mol. The van der Waals surface area contributed by atoms with Crippen LogP contribution in [0.5, 0.6) is 5.75 Å². The lowest BCUT2D eigenvalue weighted by atomic mass is 10.1. The number of hydrogen-bond donors (Lipinski definition) is 1. The molecule has 2 N–H and O–H groups in total. The van der Waals surface area contributed by atoms with Gasteiger partial charge in [-0.3, -0.25) is 0 Å². The van der Waals surface area contributed by atoms with Gasteiger partial charge in [0.2, 0.25) is 5.89 Å². The van der Waals surface area contributed by atoms with E-state index in [2.05, 4.69) is 10.2 Å². The molecule has 5 nitrogen and oxygen atoms in total. The molecule has 0 spiro atoms. The predicted octanol–water partition coefficient (Wildman–Crippen LogP) is 2.99. The van der Waals surface area contributed by atoms with Crippen LogP contribution in [0.4, 0.5) is 0 Å². The maximum atomic E-state index is 6.16. The lowest BCUT2D eigenvalue weighted by molar-refractivity contribution is 0.411. The maximum absolute atomic E-state index is 6.16. The largest absolute Gasteiger partial charge is 0.496 e. The summed E-state index contributed by atoms with van der Waals surface area (Å²) in [6, 6.07) is 17.2. The highest BCUT2D eigenvalue weighted by molar-refractivity contribution is 5.62. The predicted molar refractivity (Wildman–Crippen MR) is 83.4 cm³/mol. The molecule has 3 aromatic rings. The molecule has 1 heterocycles. The summed E-state index contributed by atoms with van der Waals surface area (Å²) in [5.74, 6) is 1.52. The zero-order chi connectivity index (χ0) is 15.4. The fraction of sp³-hybridized carbons (Fsp3) is 0.176. The average molecular weight is 295 g/mol. The number of methoxy groups -OCH3 is 1. The molecule has 0 amide bonds. The third-order valence-corrected chi connectivity index (χ3v) is 3.39. The number of nitrogens with two attached hydrogens (primary N) is 1. The number of nitrogens with zero attached hydrogens (tertiary/aromatic N) is 2. The van der Waals surface area contributed by atoms with Gasteiger partial charge in [0.25, 0.3) is 5.89 Å². The minimum atomic E-state index is -0.335. The van der Waals surface area contributed by atoms with E-state index < -0.39 is 0 Å². The second-order valence-corrected chi connectivity index (χ2v) is 4.94. The highest BCUT2D eigenvalue weighted by atomic mass is 16.5. The third-order valence-electron chi connectivity index (χ3n) is 3.39. The Labute approximate surface area is 128 Å². The molecular formula is C17H17N3O2. The standard InChI is InChI=1S/C17H17N3O2/c1-21-15-10-6-5-9-13(15)16-19-20-17(22-16)14(18)11-12-7-3-2-4-8-12/h2-10,14H,11,18H2,1H3. The van der Waals surface area contributed by atoms with Gasteiger partial charge in [0.1, 0.15) is 5.75 Å². The maximum Gasteiger partial charge on any atom is 0.251 e. The normalized spacial score (nSPS) is 12.1. The van der Waals surface area contributed by atoms with Crippen molar-refractivity contribution in [1.82, 2.24) is 10.2 Å².